The Kier molecular flexibility index (Phi) is 6.02. The van der Waals surface area contributed by atoms with Gasteiger partial charge >= 0.3 is 6.18 Å². The molecular weight excluding hydrogens is 371 g/mol. The fourth-order valence-electron chi connectivity index (χ4n) is 3.48. The first-order valence-corrected chi connectivity index (χ1v) is 9.35. The smallest absolute Gasteiger partial charge is 0.348 e. The van der Waals surface area contributed by atoms with Crippen LogP contribution in [0.4, 0.5) is 13.2 Å². The van der Waals surface area contributed by atoms with Gasteiger partial charge in [0, 0.05) is 6.04 Å². The number of carbonyl (C=O) groups excluding carboxylic acids is 1. The maximum atomic E-state index is 12.6. The Hall–Kier alpha value is -2.42. The molecule has 6 nitrogen and oxygen atoms in total. The summed E-state index contributed by atoms with van der Waals surface area (Å²) in [5, 5.41) is 14.3. The van der Waals surface area contributed by atoms with E-state index in [4.69, 9.17) is 0 Å². The molecule has 1 aromatic carbocycles. The average Bonchev–Trinajstić information content (AvgIpc) is 3.03. The van der Waals surface area contributed by atoms with E-state index in [0.29, 0.717) is 6.42 Å². The molecule has 2 aromatic rings. The van der Waals surface area contributed by atoms with E-state index < -0.39 is 11.7 Å². The van der Waals surface area contributed by atoms with Crippen molar-refractivity contribution < 1.29 is 18.0 Å². The van der Waals surface area contributed by atoms with Crippen LogP contribution in [0.5, 0.6) is 0 Å². The Labute approximate surface area is 161 Å². The van der Waals surface area contributed by atoms with Gasteiger partial charge in [0.15, 0.2) is 5.69 Å². The van der Waals surface area contributed by atoms with Gasteiger partial charge in [-0.3, -0.25) is 4.79 Å². The second kappa shape index (κ2) is 8.30. The number of nitrogens with one attached hydrogen (secondary N) is 2. The summed E-state index contributed by atoms with van der Waals surface area (Å²) in [4.78, 5) is 12.6. The third-order valence-electron chi connectivity index (χ3n) is 5.00. The number of halogens is 3. The van der Waals surface area contributed by atoms with E-state index in [-0.39, 0.29) is 23.7 Å². The molecule has 1 aliphatic heterocycles. The predicted molar refractivity (Wildman–Crippen MR) is 98.0 cm³/mol. The van der Waals surface area contributed by atoms with Crippen molar-refractivity contribution in [2.75, 3.05) is 13.1 Å². The van der Waals surface area contributed by atoms with E-state index in [1.165, 1.54) is 12.1 Å². The third-order valence-corrected chi connectivity index (χ3v) is 5.00. The highest BCUT2D eigenvalue weighted by molar-refractivity contribution is 5.93. The number of nitrogens with zero attached hydrogens (tertiary/aromatic N) is 3. The Bertz CT molecular complexity index is 810. The molecule has 0 bridgehead atoms. The molecule has 28 heavy (non-hydrogen) atoms. The molecule has 0 aliphatic carbocycles. The van der Waals surface area contributed by atoms with Crippen LogP contribution in [-0.2, 0) is 12.6 Å². The zero-order chi connectivity index (χ0) is 20.3. The first-order chi connectivity index (χ1) is 13.3. The van der Waals surface area contributed by atoms with Gasteiger partial charge in [-0.05, 0) is 63.9 Å². The molecule has 1 unspecified atom stereocenters. The van der Waals surface area contributed by atoms with Gasteiger partial charge in [-0.2, -0.15) is 13.2 Å². The summed E-state index contributed by atoms with van der Waals surface area (Å²) in [5.41, 5.74) is 1.05. The summed E-state index contributed by atoms with van der Waals surface area (Å²) in [6.45, 7) is 5.46. The summed E-state index contributed by atoms with van der Waals surface area (Å²) in [6, 6.07) is 4.96. The van der Waals surface area contributed by atoms with E-state index in [1.54, 1.807) is 0 Å². The van der Waals surface area contributed by atoms with E-state index in [9.17, 15) is 18.0 Å². The van der Waals surface area contributed by atoms with Gasteiger partial charge in [0.2, 0.25) is 0 Å². The maximum Gasteiger partial charge on any atom is 0.416 e. The highest BCUT2D eigenvalue weighted by Gasteiger charge is 2.30. The number of rotatable bonds is 5. The SMILES string of the molecule is Cc1c(C(=O)NC(C)Cc2ccc(C(F)(F)F)cc2)nnn1C1CCNCC1. The van der Waals surface area contributed by atoms with Crippen LogP contribution in [0.15, 0.2) is 24.3 Å². The van der Waals surface area contributed by atoms with Crippen LogP contribution in [0, 0.1) is 6.92 Å². The van der Waals surface area contributed by atoms with Crippen LogP contribution in [0.3, 0.4) is 0 Å². The summed E-state index contributed by atoms with van der Waals surface area (Å²) in [5.74, 6) is -0.322. The van der Waals surface area contributed by atoms with Gasteiger partial charge in [-0.1, -0.05) is 17.3 Å². The van der Waals surface area contributed by atoms with Crippen LogP contribution >= 0.6 is 0 Å². The van der Waals surface area contributed by atoms with Crippen molar-refractivity contribution in [3.8, 4) is 0 Å². The summed E-state index contributed by atoms with van der Waals surface area (Å²) >= 11 is 0. The minimum atomic E-state index is -4.35. The first-order valence-electron chi connectivity index (χ1n) is 9.35. The lowest BCUT2D eigenvalue weighted by atomic mass is 10.0. The zero-order valence-corrected chi connectivity index (χ0v) is 15.9. The first kappa shape index (κ1) is 20.3. The van der Waals surface area contributed by atoms with Gasteiger partial charge in [-0.25, -0.2) is 4.68 Å². The van der Waals surface area contributed by atoms with Crippen molar-refractivity contribution in [2.24, 2.45) is 0 Å². The van der Waals surface area contributed by atoms with Gasteiger partial charge in [0.25, 0.3) is 5.91 Å². The number of piperidine rings is 1. The van der Waals surface area contributed by atoms with Crippen LogP contribution in [0.2, 0.25) is 0 Å². The van der Waals surface area contributed by atoms with Crippen LogP contribution in [-0.4, -0.2) is 40.0 Å². The summed E-state index contributed by atoms with van der Waals surface area (Å²) < 4.78 is 39.7. The van der Waals surface area contributed by atoms with E-state index in [2.05, 4.69) is 20.9 Å². The highest BCUT2D eigenvalue weighted by Crippen LogP contribution is 2.29. The second-order valence-electron chi connectivity index (χ2n) is 7.22. The lowest BCUT2D eigenvalue weighted by molar-refractivity contribution is -0.137. The van der Waals surface area contributed by atoms with E-state index in [1.807, 2.05) is 18.5 Å². The molecule has 1 fully saturated rings. The normalized spacial score (nSPS) is 16.8. The molecule has 2 N–H and O–H groups in total. The predicted octanol–water partition coefficient (Wildman–Crippen LogP) is 2.89. The molecule has 1 aromatic heterocycles. The fourth-order valence-corrected chi connectivity index (χ4v) is 3.48. The summed E-state index contributed by atoms with van der Waals surface area (Å²) in [6.07, 6.45) is -2.05. The van der Waals surface area contributed by atoms with Crippen molar-refractivity contribution in [3.05, 3.63) is 46.8 Å². The molecule has 152 valence electrons. The standard InChI is InChI=1S/C19H24F3N5O/c1-12(11-14-3-5-15(6-4-14)19(20,21)22)24-18(28)17-13(2)27(26-25-17)16-7-9-23-10-8-16/h3-6,12,16,23H,7-11H2,1-2H3,(H,24,28). The molecule has 1 saturated heterocycles. The van der Waals surface area contributed by atoms with Gasteiger partial charge < -0.3 is 10.6 Å². The van der Waals surface area contributed by atoms with E-state index in [0.717, 1.165) is 49.3 Å². The molecule has 0 saturated carbocycles. The number of benzene rings is 1. The number of hydrogen-bond donors (Lipinski definition) is 2. The fraction of sp³-hybridized carbons (Fsp3) is 0.526. The minimum absolute atomic E-state index is 0.236. The van der Waals surface area contributed by atoms with Gasteiger partial charge in [0.1, 0.15) is 0 Å². The molecule has 1 aliphatic rings. The maximum absolute atomic E-state index is 12.6. The molecule has 1 atom stereocenters. The monoisotopic (exact) mass is 395 g/mol. The number of aromatic nitrogens is 3. The number of amides is 1. The third kappa shape index (κ3) is 4.70. The van der Waals surface area contributed by atoms with Crippen LogP contribution in [0.1, 0.15) is 53.1 Å². The number of carbonyl (C=O) groups is 1. The molecule has 9 heteroatoms. The zero-order valence-electron chi connectivity index (χ0n) is 15.9. The van der Waals surface area contributed by atoms with Gasteiger partial charge in [-0.15, -0.1) is 5.10 Å². The molecule has 0 radical (unpaired) electrons. The Morgan fingerprint density at radius 1 is 1.29 bits per heavy atom. The largest absolute Gasteiger partial charge is 0.416 e. The molecule has 1 amide bonds. The molecular formula is C19H24F3N5O. The minimum Gasteiger partial charge on any atom is -0.348 e. The Morgan fingerprint density at radius 2 is 1.93 bits per heavy atom. The lowest BCUT2D eigenvalue weighted by Gasteiger charge is -2.23. The average molecular weight is 395 g/mol. The van der Waals surface area contributed by atoms with Crippen molar-refractivity contribution in [2.45, 2.75) is 51.4 Å². The quantitative estimate of drug-likeness (QED) is 0.817. The Morgan fingerprint density at radius 3 is 2.54 bits per heavy atom. The lowest BCUT2D eigenvalue weighted by Crippen LogP contribution is -2.35. The van der Waals surface area contributed by atoms with Crippen LogP contribution in [0.25, 0.3) is 0 Å². The number of alkyl halides is 3. The molecule has 2 heterocycles. The van der Waals surface area contributed by atoms with Crippen molar-refractivity contribution in [3.63, 3.8) is 0 Å². The number of hydrogen-bond acceptors (Lipinski definition) is 4. The molecule has 3 rings (SSSR count). The second-order valence-corrected chi connectivity index (χ2v) is 7.22. The van der Waals surface area contributed by atoms with Crippen molar-refractivity contribution in [1.82, 2.24) is 25.6 Å². The highest BCUT2D eigenvalue weighted by atomic mass is 19.4. The van der Waals surface area contributed by atoms with E-state index >= 15 is 0 Å². The van der Waals surface area contributed by atoms with Crippen LogP contribution < -0.4 is 10.6 Å². The van der Waals surface area contributed by atoms with Crippen molar-refractivity contribution >= 4 is 5.91 Å². The molecule has 0 spiro atoms. The topological polar surface area (TPSA) is 71.8 Å². The Balaban J connectivity index is 1.60. The van der Waals surface area contributed by atoms with Gasteiger partial charge in [0.05, 0.1) is 17.3 Å². The summed E-state index contributed by atoms with van der Waals surface area (Å²) in [7, 11) is 0. The van der Waals surface area contributed by atoms with Crippen molar-refractivity contribution in [1.29, 1.82) is 0 Å².